The molecule has 2 rings (SSSR count). The van der Waals surface area contributed by atoms with Gasteiger partial charge in [-0.05, 0) is 56.4 Å². The summed E-state index contributed by atoms with van der Waals surface area (Å²) >= 11 is 0. The van der Waals surface area contributed by atoms with E-state index in [1.807, 2.05) is 26.0 Å². The molecule has 2 unspecified atom stereocenters. The highest BCUT2D eigenvalue weighted by atomic mass is 16.4. The van der Waals surface area contributed by atoms with Gasteiger partial charge in [0.1, 0.15) is 0 Å². The largest absolute Gasteiger partial charge is 0.481 e. The molecule has 1 aromatic rings. The summed E-state index contributed by atoms with van der Waals surface area (Å²) in [6.07, 6.45) is 1.87. The summed E-state index contributed by atoms with van der Waals surface area (Å²) < 4.78 is 0. The Balaban J connectivity index is 1.98. The SMILES string of the molecule is Cc1cc(C)cc(N(C)C(=O)NC2CCC(C(=O)O)C2)c1. The molecule has 1 saturated carbocycles. The third kappa shape index (κ3) is 3.74. The molecule has 21 heavy (non-hydrogen) atoms. The number of hydrogen-bond acceptors (Lipinski definition) is 2. The Morgan fingerprint density at radius 2 is 1.81 bits per heavy atom. The topological polar surface area (TPSA) is 69.6 Å². The van der Waals surface area contributed by atoms with Crippen LogP contribution in [0.5, 0.6) is 0 Å². The fourth-order valence-corrected chi connectivity index (χ4v) is 2.87. The van der Waals surface area contributed by atoms with Crippen LogP contribution in [-0.2, 0) is 4.79 Å². The lowest BCUT2D eigenvalue weighted by Gasteiger charge is -2.22. The van der Waals surface area contributed by atoms with E-state index in [1.54, 1.807) is 11.9 Å². The first-order valence-electron chi connectivity index (χ1n) is 7.22. The smallest absolute Gasteiger partial charge is 0.321 e. The zero-order valence-corrected chi connectivity index (χ0v) is 12.7. The van der Waals surface area contributed by atoms with E-state index in [-0.39, 0.29) is 18.0 Å². The summed E-state index contributed by atoms with van der Waals surface area (Å²) in [7, 11) is 1.73. The molecule has 114 valence electrons. The zero-order valence-electron chi connectivity index (χ0n) is 12.7. The van der Waals surface area contributed by atoms with Gasteiger partial charge in [0.05, 0.1) is 5.92 Å². The van der Waals surface area contributed by atoms with Crippen LogP contribution in [0.1, 0.15) is 30.4 Å². The van der Waals surface area contributed by atoms with Crippen molar-refractivity contribution in [3.63, 3.8) is 0 Å². The van der Waals surface area contributed by atoms with Crippen LogP contribution in [-0.4, -0.2) is 30.2 Å². The van der Waals surface area contributed by atoms with Crippen molar-refractivity contribution in [3.8, 4) is 0 Å². The van der Waals surface area contributed by atoms with Gasteiger partial charge >= 0.3 is 12.0 Å². The number of benzene rings is 1. The minimum absolute atomic E-state index is 0.0491. The van der Waals surface area contributed by atoms with E-state index in [2.05, 4.69) is 11.4 Å². The van der Waals surface area contributed by atoms with Gasteiger partial charge in [-0.2, -0.15) is 0 Å². The maximum atomic E-state index is 12.3. The lowest BCUT2D eigenvalue weighted by Crippen LogP contribution is -2.42. The number of carbonyl (C=O) groups is 2. The first-order chi connectivity index (χ1) is 9.86. The van der Waals surface area contributed by atoms with Gasteiger partial charge in [-0.1, -0.05) is 6.07 Å². The average Bonchev–Trinajstić information content (AvgIpc) is 2.85. The predicted octanol–water partition coefficient (Wildman–Crippen LogP) is 2.70. The van der Waals surface area contributed by atoms with Crippen molar-refractivity contribution < 1.29 is 14.7 Å². The second kappa shape index (κ2) is 6.16. The molecule has 1 fully saturated rings. The number of urea groups is 1. The van der Waals surface area contributed by atoms with Crippen molar-refractivity contribution in [1.29, 1.82) is 0 Å². The van der Waals surface area contributed by atoms with Gasteiger partial charge in [-0.3, -0.25) is 9.69 Å². The van der Waals surface area contributed by atoms with Crippen LogP contribution in [0.25, 0.3) is 0 Å². The molecule has 0 bridgehead atoms. The number of amides is 2. The number of carboxylic acid groups (broad SMARTS) is 1. The van der Waals surface area contributed by atoms with Gasteiger partial charge < -0.3 is 10.4 Å². The van der Waals surface area contributed by atoms with Crippen molar-refractivity contribution in [2.45, 2.75) is 39.2 Å². The molecule has 2 amide bonds. The number of hydrogen-bond donors (Lipinski definition) is 2. The maximum Gasteiger partial charge on any atom is 0.321 e. The number of nitrogens with one attached hydrogen (secondary N) is 1. The number of carbonyl (C=O) groups excluding carboxylic acids is 1. The number of nitrogens with zero attached hydrogens (tertiary/aromatic N) is 1. The molecule has 0 radical (unpaired) electrons. The molecule has 2 N–H and O–H groups in total. The first kappa shape index (κ1) is 15.4. The van der Waals surface area contributed by atoms with Gasteiger partial charge in [0.25, 0.3) is 0 Å². The third-order valence-corrected chi connectivity index (χ3v) is 4.01. The molecule has 1 aliphatic carbocycles. The zero-order chi connectivity index (χ0) is 15.6. The van der Waals surface area contributed by atoms with E-state index in [1.165, 1.54) is 0 Å². The summed E-state index contributed by atoms with van der Waals surface area (Å²) in [6, 6.07) is 5.75. The highest BCUT2D eigenvalue weighted by molar-refractivity contribution is 5.91. The van der Waals surface area contributed by atoms with E-state index in [0.717, 1.165) is 23.2 Å². The van der Waals surface area contributed by atoms with Crippen molar-refractivity contribution >= 4 is 17.7 Å². The summed E-state index contributed by atoms with van der Waals surface area (Å²) in [4.78, 5) is 24.8. The third-order valence-electron chi connectivity index (χ3n) is 4.01. The van der Waals surface area contributed by atoms with Crippen LogP contribution < -0.4 is 10.2 Å². The van der Waals surface area contributed by atoms with Crippen molar-refractivity contribution in [2.24, 2.45) is 5.92 Å². The maximum absolute atomic E-state index is 12.3. The molecule has 1 aliphatic rings. The second-order valence-electron chi connectivity index (χ2n) is 5.90. The quantitative estimate of drug-likeness (QED) is 0.899. The Kier molecular flexibility index (Phi) is 4.50. The molecule has 1 aromatic carbocycles. The van der Waals surface area contributed by atoms with Gasteiger partial charge in [0, 0.05) is 18.8 Å². The lowest BCUT2D eigenvalue weighted by molar-refractivity contribution is -0.141. The van der Waals surface area contributed by atoms with E-state index in [9.17, 15) is 9.59 Å². The summed E-state index contributed by atoms with van der Waals surface area (Å²) in [5, 5.41) is 11.9. The summed E-state index contributed by atoms with van der Waals surface area (Å²) in [5.74, 6) is -1.10. The Labute approximate surface area is 125 Å². The molecule has 0 saturated heterocycles. The van der Waals surface area contributed by atoms with E-state index >= 15 is 0 Å². The van der Waals surface area contributed by atoms with Crippen LogP contribution in [0.2, 0.25) is 0 Å². The molecule has 5 nitrogen and oxygen atoms in total. The number of aliphatic carboxylic acids is 1. The fourth-order valence-electron chi connectivity index (χ4n) is 2.87. The standard InChI is InChI=1S/C16H22N2O3/c1-10-6-11(2)8-14(7-10)18(3)16(21)17-13-5-4-12(9-13)15(19)20/h6-8,12-13H,4-5,9H2,1-3H3,(H,17,21)(H,19,20). The molecule has 0 aromatic heterocycles. The van der Waals surface area contributed by atoms with Gasteiger partial charge in [0.15, 0.2) is 0 Å². The van der Waals surface area contributed by atoms with Crippen LogP contribution in [0.15, 0.2) is 18.2 Å². The molecular weight excluding hydrogens is 268 g/mol. The fraction of sp³-hybridized carbons (Fsp3) is 0.500. The van der Waals surface area contributed by atoms with Crippen molar-refractivity contribution in [1.82, 2.24) is 5.32 Å². The second-order valence-corrected chi connectivity index (χ2v) is 5.90. The first-order valence-corrected chi connectivity index (χ1v) is 7.22. The highest BCUT2D eigenvalue weighted by Gasteiger charge is 2.31. The van der Waals surface area contributed by atoms with Crippen LogP contribution in [0.3, 0.4) is 0 Å². The van der Waals surface area contributed by atoms with E-state index < -0.39 is 5.97 Å². The number of rotatable bonds is 3. The molecule has 0 heterocycles. The number of anilines is 1. The molecule has 0 spiro atoms. The normalized spacial score (nSPS) is 21.1. The van der Waals surface area contributed by atoms with Crippen molar-refractivity contribution in [2.75, 3.05) is 11.9 Å². The molecule has 0 aliphatic heterocycles. The highest BCUT2D eigenvalue weighted by Crippen LogP contribution is 2.26. The van der Waals surface area contributed by atoms with Gasteiger partial charge in [-0.15, -0.1) is 0 Å². The minimum Gasteiger partial charge on any atom is -0.481 e. The Bertz CT molecular complexity index is 536. The average molecular weight is 290 g/mol. The van der Waals surface area contributed by atoms with E-state index in [0.29, 0.717) is 12.8 Å². The monoisotopic (exact) mass is 290 g/mol. The summed E-state index contributed by atoms with van der Waals surface area (Å²) in [6.45, 7) is 3.99. The minimum atomic E-state index is -0.769. The van der Waals surface area contributed by atoms with Gasteiger partial charge in [-0.25, -0.2) is 4.79 Å². The number of aryl methyl sites for hydroxylation is 2. The Morgan fingerprint density at radius 3 is 2.33 bits per heavy atom. The molecule has 2 atom stereocenters. The van der Waals surface area contributed by atoms with Gasteiger partial charge in [0.2, 0.25) is 0 Å². The molecular formula is C16H22N2O3. The van der Waals surface area contributed by atoms with Crippen LogP contribution in [0, 0.1) is 19.8 Å². The van der Waals surface area contributed by atoms with Crippen LogP contribution in [0.4, 0.5) is 10.5 Å². The summed E-state index contributed by atoms with van der Waals surface area (Å²) in [5.41, 5.74) is 3.06. The predicted molar refractivity (Wildman–Crippen MR) is 81.6 cm³/mol. The molecule has 5 heteroatoms. The van der Waals surface area contributed by atoms with E-state index in [4.69, 9.17) is 5.11 Å². The van der Waals surface area contributed by atoms with Crippen LogP contribution >= 0.6 is 0 Å². The Hall–Kier alpha value is -2.04. The van der Waals surface area contributed by atoms with Crippen molar-refractivity contribution in [3.05, 3.63) is 29.3 Å². The lowest BCUT2D eigenvalue weighted by atomic mass is 10.1. The number of carboxylic acids is 1. The Morgan fingerprint density at radius 1 is 1.19 bits per heavy atom.